The van der Waals surface area contributed by atoms with Crippen molar-refractivity contribution >= 4 is 39.2 Å². The van der Waals surface area contributed by atoms with Crippen LogP contribution in [0.4, 0.5) is 17.3 Å². The topological polar surface area (TPSA) is 122 Å². The molecule has 235 valence electrons. The smallest absolute Gasteiger partial charge is 0.329 e. The molecule has 1 radical (unpaired) electrons. The molecule has 1 aliphatic carbocycles. The fourth-order valence-electron chi connectivity index (χ4n) is 5.25. The van der Waals surface area contributed by atoms with Crippen LogP contribution in [-0.4, -0.2) is 70.3 Å². The molecule has 0 bridgehead atoms. The number of hydrogen-bond acceptors (Lipinski definition) is 10. The number of nitrogens with zero attached hydrogens (tertiary/aromatic N) is 5. The molecule has 12 heteroatoms. The molecule has 1 aromatic carbocycles. The van der Waals surface area contributed by atoms with Gasteiger partial charge in [0.05, 0.1) is 17.9 Å². The minimum Gasteiger partial charge on any atom is -0.474 e. The molecule has 3 heterocycles. The Bertz CT molecular complexity index is 1600. The number of anilines is 3. The molecule has 45 heavy (non-hydrogen) atoms. The Morgan fingerprint density at radius 2 is 1.98 bits per heavy atom. The van der Waals surface area contributed by atoms with E-state index in [-0.39, 0.29) is 5.04 Å². The van der Waals surface area contributed by atoms with Gasteiger partial charge in [-0.1, -0.05) is 27.7 Å². The van der Waals surface area contributed by atoms with Crippen LogP contribution in [0.2, 0.25) is 18.1 Å². The fraction of sp³-hybridized carbons (Fsp3) is 0.485. The number of nitriles is 1. The van der Waals surface area contributed by atoms with Crippen molar-refractivity contribution in [1.82, 2.24) is 15.0 Å². The molecule has 1 fully saturated rings. The van der Waals surface area contributed by atoms with E-state index in [0.29, 0.717) is 61.1 Å². The van der Waals surface area contributed by atoms with E-state index < -0.39 is 13.7 Å². The summed E-state index contributed by atoms with van der Waals surface area (Å²) in [6, 6.07) is 12.0. The quantitative estimate of drug-likeness (QED) is 0.138. The standard InChI is InChI=1S/C33H42BN6O4Si/c1-32(2,3)45(6,7)44-20-33(4)19-40(34-21-41)29-24(18-35)16-23(17-25(29)33)27-12-13-36-31(38-27)39-28-11-10-26(22-8-9-22)37-30(28)43-15-14-42-5/h10-13,16-17,21-22H,8-9,14-15,19-20H2,1-7H3,(H,36,38,39)/t33-/m1/s1. The van der Waals surface area contributed by atoms with E-state index >= 15 is 0 Å². The lowest BCUT2D eigenvalue weighted by molar-refractivity contribution is 0.144. The predicted molar refractivity (Wildman–Crippen MR) is 179 cm³/mol. The molecule has 1 N–H and O–H groups in total. The van der Waals surface area contributed by atoms with E-state index in [1.165, 1.54) is 7.41 Å². The molecule has 5 rings (SSSR count). The van der Waals surface area contributed by atoms with Gasteiger partial charge in [0.2, 0.25) is 11.8 Å². The van der Waals surface area contributed by atoms with Crippen LogP contribution in [0.5, 0.6) is 5.88 Å². The van der Waals surface area contributed by atoms with Crippen LogP contribution < -0.4 is 14.9 Å². The van der Waals surface area contributed by atoms with Crippen LogP contribution in [0.3, 0.4) is 0 Å². The van der Waals surface area contributed by atoms with Gasteiger partial charge >= 0.3 is 7.41 Å². The first-order valence-electron chi connectivity index (χ1n) is 15.4. The number of carbonyl (C=O) groups is 1. The first-order valence-corrected chi connectivity index (χ1v) is 18.3. The van der Waals surface area contributed by atoms with Crippen molar-refractivity contribution in [3.8, 4) is 23.2 Å². The van der Waals surface area contributed by atoms with E-state index in [2.05, 4.69) is 63.2 Å². The molecule has 1 atom stereocenters. The van der Waals surface area contributed by atoms with Crippen LogP contribution in [0, 0.1) is 11.3 Å². The van der Waals surface area contributed by atoms with Crippen LogP contribution in [0.1, 0.15) is 63.3 Å². The zero-order chi connectivity index (χ0) is 32.4. The minimum atomic E-state index is -2.06. The number of fused-ring (bicyclic) bond motifs is 1. The summed E-state index contributed by atoms with van der Waals surface area (Å²) in [5.74, 6) is 1.35. The van der Waals surface area contributed by atoms with Gasteiger partial charge < -0.3 is 28.8 Å². The molecule has 2 aromatic heterocycles. The zero-order valence-electron chi connectivity index (χ0n) is 27.3. The third kappa shape index (κ3) is 7.06. The molecule has 1 saturated carbocycles. The molecule has 0 amide bonds. The van der Waals surface area contributed by atoms with Crippen LogP contribution in [0.15, 0.2) is 36.5 Å². The summed E-state index contributed by atoms with van der Waals surface area (Å²) in [7, 11) is 1.07. The second-order valence-corrected chi connectivity index (χ2v) is 18.5. The van der Waals surface area contributed by atoms with Crippen molar-refractivity contribution < 1.29 is 18.7 Å². The predicted octanol–water partition coefficient (Wildman–Crippen LogP) is 5.97. The third-order valence-electron chi connectivity index (χ3n) is 9.09. The number of carbonyl (C=O) groups excluding carboxylic acids is 1. The van der Waals surface area contributed by atoms with Crippen LogP contribution >= 0.6 is 0 Å². The van der Waals surface area contributed by atoms with Gasteiger partial charge in [-0.05, 0) is 66.9 Å². The summed E-state index contributed by atoms with van der Waals surface area (Å²) in [6.07, 6.45) is 4.73. The fourth-order valence-corrected chi connectivity index (χ4v) is 6.36. The summed E-state index contributed by atoms with van der Waals surface area (Å²) >= 11 is 0. The average Bonchev–Trinajstić information content (AvgIpc) is 3.81. The number of rotatable bonds is 13. The van der Waals surface area contributed by atoms with E-state index in [0.717, 1.165) is 41.5 Å². The summed E-state index contributed by atoms with van der Waals surface area (Å²) in [6.45, 7) is 15.1. The van der Waals surface area contributed by atoms with Gasteiger partial charge in [-0.2, -0.15) is 5.26 Å². The maximum Gasteiger partial charge on any atom is 0.329 e. The van der Waals surface area contributed by atoms with E-state index in [1.807, 2.05) is 29.1 Å². The zero-order valence-corrected chi connectivity index (χ0v) is 28.3. The number of aromatic nitrogens is 3. The number of nitrogens with one attached hydrogen (secondary N) is 1. The first kappa shape index (κ1) is 32.6. The van der Waals surface area contributed by atoms with Gasteiger partial charge in [0.25, 0.3) is 0 Å². The van der Waals surface area contributed by atoms with Crippen molar-refractivity contribution in [2.75, 3.05) is 43.6 Å². The number of hydrogen-bond donors (Lipinski definition) is 1. The largest absolute Gasteiger partial charge is 0.474 e. The molecule has 0 saturated heterocycles. The highest BCUT2D eigenvalue weighted by Crippen LogP contribution is 2.46. The summed E-state index contributed by atoms with van der Waals surface area (Å²) in [5, 5.41) is 13.6. The van der Waals surface area contributed by atoms with E-state index in [9.17, 15) is 10.1 Å². The summed E-state index contributed by atoms with van der Waals surface area (Å²) in [5.41, 5.74) is 4.82. The maximum absolute atomic E-state index is 11.6. The van der Waals surface area contributed by atoms with Gasteiger partial charge in [0, 0.05) is 54.7 Å². The highest BCUT2D eigenvalue weighted by molar-refractivity contribution is 6.74. The van der Waals surface area contributed by atoms with Crippen molar-refractivity contribution in [1.29, 1.82) is 5.26 Å². The second kappa shape index (κ2) is 12.9. The molecule has 2 aliphatic rings. The SMILES string of the molecule is COCCOc1nc(C2CC2)ccc1Nc1nccc(-c2cc(C#N)c3c(c2)[C@@](C)(CO[Si](C)(C)C(C)(C)C)CN3[B]C=O)n1. The van der Waals surface area contributed by atoms with E-state index in [4.69, 9.17) is 23.9 Å². The molecular weight excluding hydrogens is 583 g/mol. The number of ether oxygens (including phenoxy) is 2. The summed E-state index contributed by atoms with van der Waals surface area (Å²) in [4.78, 5) is 27.5. The Kier molecular flexibility index (Phi) is 9.35. The van der Waals surface area contributed by atoms with Crippen molar-refractivity contribution in [3.63, 3.8) is 0 Å². The second-order valence-electron chi connectivity index (χ2n) is 13.6. The van der Waals surface area contributed by atoms with Gasteiger partial charge in [0.15, 0.2) is 8.32 Å². The third-order valence-corrected chi connectivity index (χ3v) is 13.6. The molecule has 1 aliphatic heterocycles. The number of methoxy groups -OCH3 is 1. The highest BCUT2D eigenvalue weighted by atomic mass is 28.4. The molecule has 0 spiro atoms. The van der Waals surface area contributed by atoms with Crippen LogP contribution in [0.25, 0.3) is 11.3 Å². The van der Waals surface area contributed by atoms with Crippen LogP contribution in [-0.2, 0) is 19.4 Å². The average molecular weight is 626 g/mol. The van der Waals surface area contributed by atoms with Gasteiger partial charge in [-0.3, -0.25) is 0 Å². The normalized spacial score (nSPS) is 17.9. The Morgan fingerprint density at radius 1 is 1.20 bits per heavy atom. The Balaban J connectivity index is 1.48. The lowest BCUT2D eigenvalue weighted by Gasteiger charge is -2.39. The molecule has 3 aromatic rings. The minimum absolute atomic E-state index is 0.0475. The van der Waals surface area contributed by atoms with E-state index in [1.54, 1.807) is 13.3 Å². The first-order chi connectivity index (χ1) is 21.4. The lowest BCUT2D eigenvalue weighted by atomic mass is 9.83. The molecular formula is C33H42BN6O4Si. The summed E-state index contributed by atoms with van der Waals surface area (Å²) < 4.78 is 17.8. The Morgan fingerprint density at radius 3 is 2.64 bits per heavy atom. The van der Waals surface area contributed by atoms with Crippen molar-refractivity contribution in [3.05, 3.63) is 53.3 Å². The van der Waals surface area contributed by atoms with Crippen molar-refractivity contribution in [2.45, 2.75) is 70.0 Å². The van der Waals surface area contributed by atoms with Gasteiger partial charge in [-0.25, -0.2) is 15.0 Å². The van der Waals surface area contributed by atoms with Gasteiger partial charge in [-0.15, -0.1) is 0 Å². The maximum atomic E-state index is 11.6. The van der Waals surface area contributed by atoms with Gasteiger partial charge in [0.1, 0.15) is 24.5 Å². The number of pyridine rings is 1. The molecule has 0 unspecified atom stereocenters. The molecule has 10 nitrogen and oxygen atoms in total. The lowest BCUT2D eigenvalue weighted by Crippen LogP contribution is -2.46. The monoisotopic (exact) mass is 625 g/mol. The Hall–Kier alpha value is -3.79. The van der Waals surface area contributed by atoms with Crippen molar-refractivity contribution in [2.24, 2.45) is 0 Å². The Labute approximate surface area is 267 Å². The highest BCUT2D eigenvalue weighted by Gasteiger charge is 2.44. The number of benzene rings is 1.